The van der Waals surface area contributed by atoms with Crippen molar-refractivity contribution in [3.63, 3.8) is 0 Å². The van der Waals surface area contributed by atoms with Gasteiger partial charge in [-0.25, -0.2) is 4.79 Å². The summed E-state index contributed by atoms with van der Waals surface area (Å²) < 4.78 is 2.30. The molecule has 1 aromatic carbocycles. The van der Waals surface area contributed by atoms with Crippen molar-refractivity contribution in [1.29, 1.82) is 0 Å². The third kappa shape index (κ3) is 2.10. The van der Waals surface area contributed by atoms with Crippen LogP contribution in [0, 0.1) is 0 Å². The molecule has 6 heteroatoms. The molecule has 0 saturated carbocycles. The molecule has 0 fully saturated rings. The summed E-state index contributed by atoms with van der Waals surface area (Å²) in [7, 11) is 0. The van der Waals surface area contributed by atoms with Crippen LogP contribution in [0.1, 0.15) is 15.9 Å². The molecule has 0 spiro atoms. The molecule has 1 N–H and O–H groups in total. The number of hydrogen-bond acceptors (Lipinski definition) is 4. The van der Waals surface area contributed by atoms with Gasteiger partial charge in [0.25, 0.3) is 5.56 Å². The van der Waals surface area contributed by atoms with Gasteiger partial charge in [-0.3, -0.25) is 14.4 Å². The van der Waals surface area contributed by atoms with E-state index < -0.39 is 5.97 Å². The van der Waals surface area contributed by atoms with Crippen molar-refractivity contribution in [3.05, 3.63) is 55.1 Å². The van der Waals surface area contributed by atoms with Gasteiger partial charge in [-0.2, -0.15) is 0 Å². The van der Waals surface area contributed by atoms with Gasteiger partial charge in [0, 0.05) is 6.54 Å². The van der Waals surface area contributed by atoms with Crippen LogP contribution >= 0.6 is 11.3 Å². The fraction of sp³-hybridized carbons (Fsp3) is 0.154. The Labute approximate surface area is 111 Å². The number of rotatable bonds is 2. The molecule has 2 heterocycles. The van der Waals surface area contributed by atoms with Gasteiger partial charge in [-0.05, 0) is 23.8 Å². The summed E-state index contributed by atoms with van der Waals surface area (Å²) in [6, 6.07) is 6.43. The molecule has 0 saturated heterocycles. The molecule has 1 aromatic heterocycles. The highest BCUT2D eigenvalue weighted by molar-refractivity contribution is 7.07. The molecule has 0 radical (unpaired) electrons. The minimum atomic E-state index is -0.958. The maximum absolute atomic E-state index is 12.0. The van der Waals surface area contributed by atoms with Crippen LogP contribution in [-0.4, -0.2) is 22.2 Å². The van der Waals surface area contributed by atoms with Crippen molar-refractivity contribution in [1.82, 2.24) is 4.57 Å². The first-order chi connectivity index (χ1) is 9.15. The highest BCUT2D eigenvalue weighted by atomic mass is 32.1. The second kappa shape index (κ2) is 4.47. The lowest BCUT2D eigenvalue weighted by atomic mass is 10.1. The maximum atomic E-state index is 12.0. The average Bonchev–Trinajstić information content (AvgIpc) is 2.95. The predicted molar refractivity (Wildman–Crippen MR) is 71.2 cm³/mol. The Hall–Kier alpha value is -2.21. The average molecular weight is 274 g/mol. The molecule has 96 valence electrons. The minimum Gasteiger partial charge on any atom is -0.478 e. The lowest BCUT2D eigenvalue weighted by molar-refractivity contribution is 0.0697. The van der Waals surface area contributed by atoms with E-state index in [9.17, 15) is 9.59 Å². The third-order valence-electron chi connectivity index (χ3n) is 2.91. The Kier molecular flexibility index (Phi) is 2.79. The van der Waals surface area contributed by atoms with Crippen LogP contribution in [0.15, 0.2) is 34.1 Å². The first kappa shape index (κ1) is 11.9. The fourth-order valence-corrected chi connectivity index (χ4v) is 2.97. The molecule has 1 aliphatic heterocycles. The highest BCUT2D eigenvalue weighted by Crippen LogP contribution is 2.05. The number of nitrogens with zero attached hydrogens (tertiary/aromatic N) is 2. The predicted octanol–water partition coefficient (Wildman–Crippen LogP) is 0.0700. The molecule has 0 bridgehead atoms. The normalized spacial score (nSPS) is 14.2. The van der Waals surface area contributed by atoms with Crippen LogP contribution in [0.5, 0.6) is 0 Å². The molecule has 19 heavy (non-hydrogen) atoms. The van der Waals surface area contributed by atoms with Gasteiger partial charge in [0.1, 0.15) is 0 Å². The summed E-state index contributed by atoms with van der Waals surface area (Å²) in [6.45, 7) is 1.32. The molecule has 0 amide bonds. The number of aromatic carboxylic acids is 1. The van der Waals surface area contributed by atoms with Crippen molar-refractivity contribution in [2.24, 2.45) is 4.99 Å². The Morgan fingerprint density at radius 2 is 2.11 bits per heavy atom. The fourth-order valence-electron chi connectivity index (χ4n) is 1.94. The molecule has 3 rings (SSSR count). The molecule has 1 aliphatic rings. The van der Waals surface area contributed by atoms with Crippen LogP contribution in [0.3, 0.4) is 0 Å². The zero-order chi connectivity index (χ0) is 13.4. The number of carbonyl (C=O) groups is 1. The monoisotopic (exact) mass is 274 g/mol. The summed E-state index contributed by atoms with van der Waals surface area (Å²) >= 11 is 1.37. The number of carboxylic acids is 1. The molecular formula is C13H10N2O3S. The smallest absolute Gasteiger partial charge is 0.335 e. The van der Waals surface area contributed by atoms with E-state index in [0.717, 1.165) is 10.4 Å². The number of aromatic nitrogens is 1. The van der Waals surface area contributed by atoms with Crippen LogP contribution in [0.2, 0.25) is 0 Å². The quantitative estimate of drug-likeness (QED) is 0.842. The summed E-state index contributed by atoms with van der Waals surface area (Å²) in [6.07, 6.45) is 1.76. The van der Waals surface area contributed by atoms with Crippen LogP contribution in [0.4, 0.5) is 0 Å². The second-order valence-corrected chi connectivity index (χ2v) is 5.17. The number of hydrogen-bond donors (Lipinski definition) is 1. The van der Waals surface area contributed by atoms with E-state index in [1.165, 1.54) is 23.5 Å². The Bertz CT molecular complexity index is 815. The number of fused-ring (bicyclic) bond motifs is 1. The van der Waals surface area contributed by atoms with E-state index in [2.05, 4.69) is 4.99 Å². The topological polar surface area (TPSA) is 71.7 Å². The molecule has 0 atom stereocenters. The maximum Gasteiger partial charge on any atom is 0.335 e. The molecule has 2 aromatic rings. The number of benzene rings is 1. The summed E-state index contributed by atoms with van der Waals surface area (Å²) in [5.41, 5.74) is 1.02. The summed E-state index contributed by atoms with van der Waals surface area (Å²) in [5, 5.41) is 8.81. The van der Waals surface area contributed by atoms with Gasteiger partial charge in [0.05, 0.1) is 16.6 Å². The number of carboxylic acid groups (broad SMARTS) is 1. The zero-order valence-electron chi connectivity index (χ0n) is 9.87. The van der Waals surface area contributed by atoms with Gasteiger partial charge in [-0.1, -0.05) is 23.5 Å². The van der Waals surface area contributed by atoms with Gasteiger partial charge >= 0.3 is 5.97 Å². The van der Waals surface area contributed by atoms with Gasteiger partial charge in [0.2, 0.25) is 0 Å². The first-order valence-electron chi connectivity index (χ1n) is 5.74. The third-order valence-corrected chi connectivity index (χ3v) is 3.96. The standard InChI is InChI=1S/C13H10N2O3S/c16-11-10(19-13-14-5-6-15(11)13)7-8-1-3-9(4-2-8)12(17)18/h1-4,7H,5-6H2,(H,17,18)/b10-7-. The molecular weight excluding hydrogens is 264 g/mol. The van der Waals surface area contributed by atoms with E-state index in [4.69, 9.17) is 5.11 Å². The zero-order valence-corrected chi connectivity index (χ0v) is 10.7. The number of thiazole rings is 1. The molecule has 0 aliphatic carbocycles. The van der Waals surface area contributed by atoms with Crippen LogP contribution in [0.25, 0.3) is 6.08 Å². The van der Waals surface area contributed by atoms with Crippen molar-refractivity contribution in [3.8, 4) is 0 Å². The van der Waals surface area contributed by atoms with Gasteiger partial charge in [-0.15, -0.1) is 0 Å². The summed E-state index contributed by atoms with van der Waals surface area (Å²) in [4.78, 5) is 27.8. The van der Waals surface area contributed by atoms with Gasteiger partial charge in [0.15, 0.2) is 4.80 Å². The Morgan fingerprint density at radius 1 is 1.37 bits per heavy atom. The van der Waals surface area contributed by atoms with Crippen LogP contribution < -0.4 is 14.9 Å². The molecule has 0 unspecified atom stereocenters. The lowest BCUT2D eigenvalue weighted by Crippen LogP contribution is -2.29. The van der Waals surface area contributed by atoms with E-state index in [1.54, 1.807) is 22.8 Å². The van der Waals surface area contributed by atoms with E-state index in [1.807, 2.05) is 0 Å². The SMILES string of the molecule is O=C(O)c1ccc(/C=c2\sc3n(c2=O)CCN=3)cc1. The first-order valence-corrected chi connectivity index (χ1v) is 6.56. The highest BCUT2D eigenvalue weighted by Gasteiger charge is 2.09. The largest absolute Gasteiger partial charge is 0.478 e. The van der Waals surface area contributed by atoms with Crippen molar-refractivity contribution < 1.29 is 9.90 Å². The molecule has 5 nitrogen and oxygen atoms in total. The van der Waals surface area contributed by atoms with E-state index in [0.29, 0.717) is 17.6 Å². The van der Waals surface area contributed by atoms with E-state index in [-0.39, 0.29) is 11.1 Å². The Balaban J connectivity index is 2.07. The van der Waals surface area contributed by atoms with Crippen molar-refractivity contribution in [2.45, 2.75) is 6.54 Å². The van der Waals surface area contributed by atoms with E-state index >= 15 is 0 Å². The minimum absolute atomic E-state index is 0.0245. The second-order valence-electron chi connectivity index (χ2n) is 4.16. The lowest BCUT2D eigenvalue weighted by Gasteiger charge is -1.94. The summed E-state index contributed by atoms with van der Waals surface area (Å²) in [5.74, 6) is -0.958. The van der Waals surface area contributed by atoms with Gasteiger partial charge < -0.3 is 5.11 Å². The Morgan fingerprint density at radius 3 is 2.74 bits per heavy atom. The van der Waals surface area contributed by atoms with Crippen molar-refractivity contribution in [2.75, 3.05) is 6.54 Å². The van der Waals surface area contributed by atoms with Crippen molar-refractivity contribution >= 4 is 23.4 Å². The van der Waals surface area contributed by atoms with Crippen LogP contribution in [-0.2, 0) is 6.54 Å².